The first-order valence-electron chi connectivity index (χ1n) is 11.3. The van der Waals surface area contributed by atoms with Crippen LogP contribution in [0.15, 0.2) is 60.8 Å². The van der Waals surface area contributed by atoms with E-state index in [-0.39, 0.29) is 17.7 Å². The molecule has 1 aliphatic rings. The number of benzene rings is 2. The minimum Gasteiger partial charge on any atom is -0.488 e. The number of nitrogens with two attached hydrogens (primary N) is 1. The fraction of sp³-hybridized carbons (Fsp3) is 0.240. The van der Waals surface area contributed by atoms with Crippen LogP contribution in [-0.2, 0) is 0 Å². The Morgan fingerprint density at radius 2 is 1.69 bits per heavy atom. The van der Waals surface area contributed by atoms with Gasteiger partial charge in [0, 0.05) is 30.7 Å². The van der Waals surface area contributed by atoms with Crippen LogP contribution < -0.4 is 36.5 Å². The Labute approximate surface area is 203 Å². The van der Waals surface area contributed by atoms with Gasteiger partial charge in [-0.25, -0.2) is 4.79 Å². The summed E-state index contributed by atoms with van der Waals surface area (Å²) in [7, 11) is 1.54. The van der Waals surface area contributed by atoms with Crippen molar-refractivity contribution in [3.63, 3.8) is 0 Å². The van der Waals surface area contributed by atoms with Crippen molar-refractivity contribution in [1.29, 1.82) is 0 Å². The second-order valence-electron chi connectivity index (χ2n) is 7.98. The van der Waals surface area contributed by atoms with E-state index in [4.69, 9.17) is 15.2 Å². The highest BCUT2D eigenvalue weighted by atomic mass is 16.5. The quantitative estimate of drug-likeness (QED) is 0.328. The molecule has 0 radical (unpaired) electrons. The number of anilines is 3. The summed E-state index contributed by atoms with van der Waals surface area (Å²) in [5.74, 6) is 1.34. The largest absolute Gasteiger partial charge is 0.488 e. The molecule has 3 amide bonds. The normalized spacial score (nSPS) is 13.5. The number of carbonyl (C=O) groups is 2. The van der Waals surface area contributed by atoms with Crippen LogP contribution in [0.25, 0.3) is 0 Å². The number of nitrogens with one attached hydrogen (secondary N) is 4. The lowest BCUT2D eigenvalue weighted by molar-refractivity contribution is 0.0957. The van der Waals surface area contributed by atoms with E-state index in [1.54, 1.807) is 54.6 Å². The van der Waals surface area contributed by atoms with E-state index < -0.39 is 6.03 Å². The second kappa shape index (κ2) is 11.2. The van der Waals surface area contributed by atoms with Crippen molar-refractivity contribution in [1.82, 2.24) is 15.6 Å². The molecule has 3 aromatic rings. The van der Waals surface area contributed by atoms with Gasteiger partial charge in [-0.2, -0.15) is 0 Å². The number of hydrogen-bond donors (Lipinski definition) is 5. The van der Waals surface area contributed by atoms with E-state index in [9.17, 15) is 9.59 Å². The highest BCUT2D eigenvalue weighted by molar-refractivity contribution is 6.00. The average Bonchev–Trinajstić information content (AvgIpc) is 2.87. The van der Waals surface area contributed by atoms with E-state index in [2.05, 4.69) is 26.3 Å². The van der Waals surface area contributed by atoms with Crippen molar-refractivity contribution in [2.75, 3.05) is 36.5 Å². The minimum absolute atomic E-state index is 0.143. The minimum atomic E-state index is -0.408. The summed E-state index contributed by atoms with van der Waals surface area (Å²) < 4.78 is 11.8. The number of aromatic nitrogens is 1. The maximum atomic E-state index is 12.4. The summed E-state index contributed by atoms with van der Waals surface area (Å²) in [6.45, 7) is 1.86. The van der Waals surface area contributed by atoms with Crippen LogP contribution in [-0.4, -0.2) is 43.2 Å². The van der Waals surface area contributed by atoms with Gasteiger partial charge in [-0.15, -0.1) is 0 Å². The first kappa shape index (κ1) is 23.8. The lowest BCUT2D eigenvalue weighted by Crippen LogP contribution is -2.34. The predicted octanol–water partition coefficient (Wildman–Crippen LogP) is 3.59. The highest BCUT2D eigenvalue weighted by Gasteiger charge is 2.16. The maximum absolute atomic E-state index is 12.4. The van der Waals surface area contributed by atoms with Gasteiger partial charge in [0.2, 0.25) is 0 Å². The molecule has 182 valence electrons. The molecule has 35 heavy (non-hydrogen) atoms. The fourth-order valence-electron chi connectivity index (χ4n) is 3.59. The van der Waals surface area contributed by atoms with Crippen LogP contribution >= 0.6 is 0 Å². The molecule has 0 spiro atoms. The van der Waals surface area contributed by atoms with Crippen LogP contribution in [0.3, 0.4) is 0 Å². The van der Waals surface area contributed by atoms with Crippen LogP contribution in [0.1, 0.15) is 23.3 Å². The van der Waals surface area contributed by atoms with Crippen molar-refractivity contribution in [3.8, 4) is 17.2 Å². The fourth-order valence-corrected chi connectivity index (χ4v) is 3.59. The summed E-state index contributed by atoms with van der Waals surface area (Å²) in [4.78, 5) is 28.2. The smallest absolute Gasteiger partial charge is 0.323 e. The van der Waals surface area contributed by atoms with Crippen LogP contribution in [0.5, 0.6) is 17.2 Å². The van der Waals surface area contributed by atoms with Gasteiger partial charge < -0.3 is 36.5 Å². The molecular weight excluding hydrogens is 448 g/mol. The average molecular weight is 477 g/mol. The predicted molar refractivity (Wildman–Crippen MR) is 134 cm³/mol. The molecule has 1 aliphatic heterocycles. The molecule has 0 aliphatic carbocycles. The molecule has 10 nitrogen and oxygen atoms in total. The summed E-state index contributed by atoms with van der Waals surface area (Å²) in [6, 6.07) is 14.8. The van der Waals surface area contributed by atoms with Crippen molar-refractivity contribution in [3.05, 3.63) is 66.5 Å². The maximum Gasteiger partial charge on any atom is 0.323 e. The van der Waals surface area contributed by atoms with E-state index in [1.807, 2.05) is 0 Å². The Bertz CT molecular complexity index is 1180. The van der Waals surface area contributed by atoms with Gasteiger partial charge in [0.1, 0.15) is 29.0 Å². The summed E-state index contributed by atoms with van der Waals surface area (Å²) in [6.07, 6.45) is 3.51. The molecule has 2 heterocycles. The molecule has 4 rings (SSSR count). The Kier molecular flexibility index (Phi) is 7.63. The van der Waals surface area contributed by atoms with Gasteiger partial charge in [0.25, 0.3) is 5.91 Å². The van der Waals surface area contributed by atoms with Gasteiger partial charge in [0.15, 0.2) is 0 Å². The molecule has 6 N–H and O–H groups in total. The first-order chi connectivity index (χ1) is 17.0. The molecule has 2 aromatic carbocycles. The third-order valence-corrected chi connectivity index (χ3v) is 5.39. The van der Waals surface area contributed by atoms with Gasteiger partial charge in [0.05, 0.1) is 5.69 Å². The number of carbonyl (C=O) groups excluding carboxylic acids is 2. The molecule has 0 unspecified atom stereocenters. The van der Waals surface area contributed by atoms with Crippen LogP contribution in [0.2, 0.25) is 0 Å². The number of hydrogen-bond acceptors (Lipinski definition) is 7. The standard InChI is InChI=1S/C25H28N6O4/c1-27-24(32)22-15-20(10-13-29-22)34-18-5-2-16(3-6-18)30-25(33)31-17-4-7-23(21(26)14-17)35-19-8-11-28-12-9-19/h2-7,10,13-15,19,28H,8-9,11-12,26H2,1H3,(H,27,32)(H2,30,31,33). The zero-order chi connectivity index (χ0) is 24.6. The van der Waals surface area contributed by atoms with Crippen molar-refractivity contribution >= 4 is 29.0 Å². The Balaban J connectivity index is 1.30. The Morgan fingerprint density at radius 1 is 0.971 bits per heavy atom. The number of urea groups is 1. The molecule has 1 fully saturated rings. The number of ether oxygens (including phenoxy) is 2. The summed E-state index contributed by atoms with van der Waals surface area (Å²) in [5.41, 5.74) is 7.99. The van der Waals surface area contributed by atoms with Gasteiger partial charge in [-0.05, 0) is 74.5 Å². The van der Waals surface area contributed by atoms with E-state index in [0.29, 0.717) is 34.3 Å². The number of nitrogen functional groups attached to an aromatic ring is 1. The lowest BCUT2D eigenvalue weighted by atomic mass is 10.1. The molecule has 0 atom stereocenters. The van der Waals surface area contributed by atoms with E-state index >= 15 is 0 Å². The number of piperidine rings is 1. The Hall–Kier alpha value is -4.31. The van der Waals surface area contributed by atoms with Gasteiger partial charge >= 0.3 is 6.03 Å². The molecule has 10 heteroatoms. The third-order valence-electron chi connectivity index (χ3n) is 5.39. The van der Waals surface area contributed by atoms with Gasteiger partial charge in [-0.1, -0.05) is 0 Å². The summed E-state index contributed by atoms with van der Waals surface area (Å²) in [5, 5.41) is 11.4. The third kappa shape index (κ3) is 6.61. The SMILES string of the molecule is CNC(=O)c1cc(Oc2ccc(NC(=O)Nc3ccc(OC4CCNCC4)c(N)c3)cc2)ccn1. The monoisotopic (exact) mass is 476 g/mol. The first-order valence-corrected chi connectivity index (χ1v) is 11.3. The van der Waals surface area contributed by atoms with Crippen molar-refractivity contribution < 1.29 is 19.1 Å². The zero-order valence-electron chi connectivity index (χ0n) is 19.3. The number of rotatable bonds is 7. The topological polar surface area (TPSA) is 140 Å². The summed E-state index contributed by atoms with van der Waals surface area (Å²) >= 11 is 0. The lowest BCUT2D eigenvalue weighted by Gasteiger charge is -2.24. The van der Waals surface area contributed by atoms with Crippen molar-refractivity contribution in [2.45, 2.75) is 18.9 Å². The van der Waals surface area contributed by atoms with E-state index in [1.165, 1.54) is 13.2 Å². The molecule has 0 saturated carbocycles. The highest BCUT2D eigenvalue weighted by Crippen LogP contribution is 2.28. The zero-order valence-corrected chi connectivity index (χ0v) is 19.3. The van der Waals surface area contributed by atoms with E-state index in [0.717, 1.165) is 25.9 Å². The number of amides is 3. The van der Waals surface area contributed by atoms with Crippen LogP contribution in [0.4, 0.5) is 21.9 Å². The molecule has 0 bridgehead atoms. The van der Waals surface area contributed by atoms with Gasteiger partial charge in [-0.3, -0.25) is 9.78 Å². The second-order valence-corrected chi connectivity index (χ2v) is 7.98. The molecule has 1 aromatic heterocycles. The van der Waals surface area contributed by atoms with Crippen LogP contribution in [0, 0.1) is 0 Å². The number of nitrogens with zero attached hydrogens (tertiary/aromatic N) is 1. The molecular formula is C25H28N6O4. The van der Waals surface area contributed by atoms with Crippen molar-refractivity contribution in [2.24, 2.45) is 0 Å². The molecule has 1 saturated heterocycles. The Morgan fingerprint density at radius 3 is 2.40 bits per heavy atom. The number of pyridine rings is 1.